The lowest BCUT2D eigenvalue weighted by molar-refractivity contribution is -0.0439. The number of nitrogens with two attached hydrogens (primary N) is 1. The van der Waals surface area contributed by atoms with Gasteiger partial charge in [0.15, 0.2) is 5.69 Å². The van der Waals surface area contributed by atoms with Gasteiger partial charge in [0.1, 0.15) is 11.4 Å². The minimum Gasteiger partial charge on any atom is -0.493 e. The molecule has 4 aliphatic rings. The van der Waals surface area contributed by atoms with Gasteiger partial charge in [0.05, 0.1) is 6.61 Å². The second kappa shape index (κ2) is 10.6. The molecule has 3 saturated carbocycles. The van der Waals surface area contributed by atoms with Crippen LogP contribution < -0.4 is 21.1 Å². The second-order valence-electron chi connectivity index (χ2n) is 12.1. The summed E-state index contributed by atoms with van der Waals surface area (Å²) in [6.07, 6.45) is 3.58. The number of carbonyl (C=O) groups is 3. The molecule has 3 heterocycles. The van der Waals surface area contributed by atoms with Gasteiger partial charge in [-0.2, -0.15) is 0 Å². The van der Waals surface area contributed by atoms with Crippen molar-refractivity contribution in [2.45, 2.75) is 51.6 Å². The predicted molar refractivity (Wildman–Crippen MR) is 168 cm³/mol. The number of rotatable bonds is 7. The number of aryl methyl sites for hydroxylation is 2. The van der Waals surface area contributed by atoms with Crippen LogP contribution in [0.15, 0.2) is 47.8 Å². The first-order valence-corrected chi connectivity index (χ1v) is 15.6. The van der Waals surface area contributed by atoms with Gasteiger partial charge in [0.2, 0.25) is 0 Å². The van der Waals surface area contributed by atoms with Crippen molar-refractivity contribution in [2.24, 2.45) is 11.7 Å². The van der Waals surface area contributed by atoms with Gasteiger partial charge in [-0.25, -0.2) is 9.78 Å². The van der Waals surface area contributed by atoms with Crippen LogP contribution in [0.25, 0.3) is 21.6 Å². The summed E-state index contributed by atoms with van der Waals surface area (Å²) in [5.74, 6) is -0.862. The highest BCUT2D eigenvalue weighted by Crippen LogP contribution is 2.57. The molecule has 44 heavy (non-hydrogen) atoms. The SMILES string of the molecule is Cc1cc(CN)cc(C)c1NC(=O)c1cc2c(cc1-c1ccc(C(=O)NC34CC(C3)C4)nc1C(=O)O)OCCc1ccsc1-2. The lowest BCUT2D eigenvalue weighted by Gasteiger charge is -2.61. The Morgan fingerprint density at radius 2 is 1.77 bits per heavy atom. The molecule has 0 saturated heterocycles. The molecule has 10 heteroatoms. The van der Waals surface area contributed by atoms with E-state index in [9.17, 15) is 19.5 Å². The highest BCUT2D eigenvalue weighted by Gasteiger charge is 2.57. The number of aromatic nitrogens is 1. The van der Waals surface area contributed by atoms with E-state index in [-0.39, 0.29) is 28.1 Å². The van der Waals surface area contributed by atoms with Gasteiger partial charge in [-0.05, 0) is 97.0 Å². The number of anilines is 1. The van der Waals surface area contributed by atoms with Crippen LogP contribution in [0.3, 0.4) is 0 Å². The summed E-state index contributed by atoms with van der Waals surface area (Å²) in [6, 6.07) is 12.5. The third-order valence-corrected chi connectivity index (χ3v) is 10.1. The fourth-order valence-electron chi connectivity index (χ4n) is 6.78. The molecule has 8 rings (SSSR count). The number of aromatic carboxylic acids is 1. The Balaban J connectivity index is 1.34. The zero-order valence-corrected chi connectivity index (χ0v) is 25.3. The van der Waals surface area contributed by atoms with E-state index in [2.05, 4.69) is 21.7 Å². The highest BCUT2D eigenvalue weighted by molar-refractivity contribution is 7.13. The third-order valence-electron chi connectivity index (χ3n) is 9.09. The van der Waals surface area contributed by atoms with E-state index in [0.29, 0.717) is 42.5 Å². The van der Waals surface area contributed by atoms with E-state index in [1.54, 1.807) is 29.5 Å². The van der Waals surface area contributed by atoms with Crippen molar-refractivity contribution < 1.29 is 24.2 Å². The van der Waals surface area contributed by atoms with Gasteiger partial charge in [0.25, 0.3) is 11.8 Å². The standard InChI is InChI=1S/C34H32N4O5S/c1-17-9-19(16-35)10-18(2)28(17)37-31(39)24-11-25-27(43-7-5-21-6-8-44-30(21)25)12-23(24)22-3-4-26(36-29(22)33(41)42)32(40)38-34-13-20(14-34)15-34/h3-4,6,8-12,20H,5,7,13-16,35H2,1-2H3,(H,37,39)(H,38,40)(H,41,42). The number of nitrogens with zero attached hydrogens (tertiary/aromatic N) is 1. The van der Waals surface area contributed by atoms with Crippen molar-refractivity contribution >= 4 is 34.8 Å². The first-order chi connectivity index (χ1) is 21.1. The summed E-state index contributed by atoms with van der Waals surface area (Å²) < 4.78 is 6.14. The van der Waals surface area contributed by atoms with Gasteiger partial charge in [-0.3, -0.25) is 9.59 Å². The fourth-order valence-corrected chi connectivity index (χ4v) is 7.75. The maximum absolute atomic E-state index is 14.1. The Kier molecular flexibility index (Phi) is 6.78. The smallest absolute Gasteiger partial charge is 0.355 e. The lowest BCUT2D eigenvalue weighted by atomic mass is 9.50. The molecule has 2 amide bonds. The molecule has 3 fully saturated rings. The monoisotopic (exact) mass is 608 g/mol. The number of nitrogens with one attached hydrogen (secondary N) is 2. The number of ether oxygens (including phenoxy) is 1. The van der Waals surface area contributed by atoms with Crippen molar-refractivity contribution in [3.8, 4) is 27.3 Å². The largest absolute Gasteiger partial charge is 0.493 e. The van der Waals surface area contributed by atoms with E-state index in [4.69, 9.17) is 10.5 Å². The van der Waals surface area contributed by atoms with Crippen LogP contribution in [0.4, 0.5) is 5.69 Å². The summed E-state index contributed by atoms with van der Waals surface area (Å²) in [5, 5.41) is 18.4. The molecular formula is C34H32N4O5S. The Labute approximate surface area is 258 Å². The summed E-state index contributed by atoms with van der Waals surface area (Å²) >= 11 is 1.57. The number of hydrogen-bond donors (Lipinski definition) is 4. The van der Waals surface area contributed by atoms with E-state index in [1.165, 1.54) is 6.07 Å². The van der Waals surface area contributed by atoms with Crippen molar-refractivity contribution in [1.82, 2.24) is 10.3 Å². The van der Waals surface area contributed by atoms with Crippen LogP contribution >= 0.6 is 11.3 Å². The minimum absolute atomic E-state index is 0.0300. The second-order valence-corrected chi connectivity index (χ2v) is 13.1. The molecule has 3 aliphatic carbocycles. The molecule has 0 unspecified atom stereocenters. The normalized spacial score (nSPS) is 19.3. The maximum atomic E-state index is 14.1. The number of benzene rings is 2. The van der Waals surface area contributed by atoms with Crippen LogP contribution in [0.1, 0.15) is 72.9 Å². The molecule has 2 aromatic carbocycles. The lowest BCUT2D eigenvalue weighted by Crippen LogP contribution is -2.68. The third kappa shape index (κ3) is 4.74. The van der Waals surface area contributed by atoms with E-state index in [0.717, 1.165) is 52.0 Å². The van der Waals surface area contributed by atoms with Gasteiger partial charge in [-0.1, -0.05) is 12.1 Å². The predicted octanol–water partition coefficient (Wildman–Crippen LogP) is 5.72. The van der Waals surface area contributed by atoms with Crippen molar-refractivity contribution in [3.63, 3.8) is 0 Å². The Hall–Kier alpha value is -4.54. The summed E-state index contributed by atoms with van der Waals surface area (Å²) in [6.45, 7) is 4.65. The number of carbonyl (C=O) groups excluding carboxylic acids is 2. The number of carboxylic acids is 1. The summed E-state index contributed by atoms with van der Waals surface area (Å²) in [7, 11) is 0. The Morgan fingerprint density at radius 3 is 2.43 bits per heavy atom. The van der Waals surface area contributed by atoms with Crippen molar-refractivity contribution in [2.75, 3.05) is 11.9 Å². The van der Waals surface area contributed by atoms with E-state index < -0.39 is 17.8 Å². The fraction of sp³-hybridized carbons (Fsp3) is 0.294. The first kappa shape index (κ1) is 28.2. The van der Waals surface area contributed by atoms with Gasteiger partial charge >= 0.3 is 5.97 Å². The van der Waals surface area contributed by atoms with Crippen LogP contribution in [0.2, 0.25) is 0 Å². The zero-order chi connectivity index (χ0) is 30.7. The topological polar surface area (TPSA) is 144 Å². The number of amides is 2. The average Bonchev–Trinajstić information content (AvgIpc) is 3.36. The first-order valence-electron chi connectivity index (χ1n) is 14.7. The molecule has 0 spiro atoms. The summed E-state index contributed by atoms with van der Waals surface area (Å²) in [4.78, 5) is 45.1. The number of pyridine rings is 1. The average molecular weight is 609 g/mol. The van der Waals surface area contributed by atoms with Crippen LogP contribution in [0.5, 0.6) is 5.75 Å². The maximum Gasteiger partial charge on any atom is 0.355 e. The number of carboxylic acid groups (broad SMARTS) is 1. The van der Waals surface area contributed by atoms with Crippen LogP contribution in [-0.4, -0.2) is 40.0 Å². The molecule has 0 radical (unpaired) electrons. The molecule has 2 aromatic heterocycles. The molecule has 2 bridgehead atoms. The highest BCUT2D eigenvalue weighted by atomic mass is 32.1. The summed E-state index contributed by atoms with van der Waals surface area (Å²) in [5.41, 5.74) is 11.5. The molecular weight excluding hydrogens is 576 g/mol. The number of thiophene rings is 1. The van der Waals surface area contributed by atoms with E-state index in [1.807, 2.05) is 31.4 Å². The Morgan fingerprint density at radius 1 is 1.02 bits per heavy atom. The Bertz CT molecular complexity index is 1840. The quantitative estimate of drug-likeness (QED) is 0.210. The van der Waals surface area contributed by atoms with Gasteiger partial charge in [-0.15, -0.1) is 11.3 Å². The molecule has 4 aromatic rings. The van der Waals surface area contributed by atoms with Crippen LogP contribution in [-0.2, 0) is 13.0 Å². The molecule has 1 aliphatic heterocycles. The molecule has 0 atom stereocenters. The van der Waals surface area contributed by atoms with Crippen molar-refractivity contribution in [3.05, 3.63) is 87.0 Å². The molecule has 9 nitrogen and oxygen atoms in total. The molecule has 5 N–H and O–H groups in total. The van der Waals surface area contributed by atoms with E-state index >= 15 is 0 Å². The van der Waals surface area contributed by atoms with Crippen LogP contribution in [0, 0.1) is 19.8 Å². The minimum atomic E-state index is -1.30. The number of fused-ring (bicyclic) bond motifs is 3. The molecule has 224 valence electrons. The van der Waals surface area contributed by atoms with Crippen molar-refractivity contribution in [1.29, 1.82) is 0 Å². The van der Waals surface area contributed by atoms with Gasteiger partial charge in [0, 0.05) is 51.3 Å². The van der Waals surface area contributed by atoms with Gasteiger partial charge < -0.3 is 26.2 Å². The zero-order valence-electron chi connectivity index (χ0n) is 24.5. The number of hydrogen-bond acceptors (Lipinski definition) is 7.